The fourth-order valence-corrected chi connectivity index (χ4v) is 10.8. The van der Waals surface area contributed by atoms with Gasteiger partial charge in [-0.05, 0) is 108 Å². The van der Waals surface area contributed by atoms with Gasteiger partial charge >= 0.3 is 5.97 Å². The Morgan fingerprint density at radius 1 is 0.706 bits per heavy atom. The fraction of sp³-hybridized carbons (Fsp3) is 0.738. The summed E-state index contributed by atoms with van der Waals surface area (Å²) in [5.74, 6) is -7.14. The van der Waals surface area contributed by atoms with Crippen LogP contribution in [-0.2, 0) is 59.1 Å². The van der Waals surface area contributed by atoms with Gasteiger partial charge in [-0.3, -0.25) is 52.8 Å². The van der Waals surface area contributed by atoms with E-state index >= 15 is 9.59 Å². The van der Waals surface area contributed by atoms with Crippen molar-refractivity contribution >= 4 is 64.8 Å². The molecule has 1 heterocycles. The van der Waals surface area contributed by atoms with Gasteiger partial charge in [-0.2, -0.15) is 0 Å². The lowest BCUT2D eigenvalue weighted by molar-refractivity contribution is -0.169. The number of ether oxygens (including phenoxy) is 1. The number of azide groups is 1. The third-order valence-corrected chi connectivity index (χ3v) is 16.5. The zero-order valence-electron chi connectivity index (χ0n) is 55.0. The second-order valence-electron chi connectivity index (χ2n) is 25.0. The standard InChI is InChI=1S/C61H103N13O11/c1-23-39(10)50-53(76)63-40(11)54(77)72(20)47(32-35(2)3)52(75)64-45(34-43-27-29-44(30-28-43)65-66-62)57(80)68(16)31-25-24-26-46(58(81)69(17)42(13)56(79)74(50)22)71(19)59(82)48(33-36(4)5)73(21)55(78)41(12)70(18)60(83)51(38(8)9)85-61(84)49(37(6)7)67(14)15/h27-30,35-42,45-51H,23-26,31-34H2,1-22H3,(H,63,76)(H,64,75)/t39-,40-,41-,42-,45-,46-,47-,48-,49-,50-,51+/m0/s1. The summed E-state index contributed by atoms with van der Waals surface area (Å²) in [5.41, 5.74) is 9.98. The Bertz CT molecular complexity index is 2510. The Labute approximate surface area is 506 Å². The van der Waals surface area contributed by atoms with Gasteiger partial charge in [0.1, 0.15) is 54.4 Å². The molecule has 0 unspecified atom stereocenters. The van der Waals surface area contributed by atoms with Crippen LogP contribution in [-0.4, -0.2) is 229 Å². The minimum Gasteiger partial charge on any atom is -0.451 e. The summed E-state index contributed by atoms with van der Waals surface area (Å²) in [4.78, 5) is 159. The number of likely N-dealkylation sites (N-methyl/N-ethyl adjacent to an activating group) is 8. The van der Waals surface area contributed by atoms with Gasteiger partial charge in [0, 0.05) is 72.9 Å². The molecule has 9 amide bonds. The summed E-state index contributed by atoms with van der Waals surface area (Å²) in [6, 6.07) is -3.31. The molecular weight excluding hydrogens is 1090 g/mol. The Morgan fingerprint density at radius 2 is 1.29 bits per heavy atom. The maximum absolute atomic E-state index is 15.2. The summed E-state index contributed by atoms with van der Waals surface area (Å²) in [7, 11) is 13.8. The quantitative estimate of drug-likeness (QED) is 0.0747. The van der Waals surface area contributed by atoms with Gasteiger partial charge in [0.25, 0.3) is 5.91 Å². The number of carbonyl (C=O) groups is 10. The molecule has 11 atom stereocenters. The third kappa shape index (κ3) is 20.1. The van der Waals surface area contributed by atoms with E-state index < -0.39 is 131 Å². The van der Waals surface area contributed by atoms with Crippen molar-refractivity contribution in [3.8, 4) is 0 Å². The smallest absolute Gasteiger partial charge is 0.324 e. The lowest BCUT2D eigenvalue weighted by Crippen LogP contribution is -2.61. The predicted octanol–water partition coefficient (Wildman–Crippen LogP) is 5.10. The largest absolute Gasteiger partial charge is 0.451 e. The van der Waals surface area contributed by atoms with Crippen LogP contribution in [0.15, 0.2) is 29.4 Å². The van der Waals surface area contributed by atoms with E-state index in [1.165, 1.54) is 97.4 Å². The molecule has 1 fully saturated rings. The highest BCUT2D eigenvalue weighted by molar-refractivity contribution is 5.98. The first-order valence-electron chi connectivity index (χ1n) is 30.0. The van der Waals surface area contributed by atoms with Crippen molar-refractivity contribution in [2.24, 2.45) is 34.7 Å². The predicted molar refractivity (Wildman–Crippen MR) is 326 cm³/mol. The molecule has 1 aliphatic rings. The molecule has 1 saturated heterocycles. The van der Waals surface area contributed by atoms with Gasteiger partial charge < -0.3 is 49.7 Å². The van der Waals surface area contributed by atoms with E-state index in [1.54, 1.807) is 71.1 Å². The normalized spacial score (nSPS) is 22.2. The van der Waals surface area contributed by atoms with Crippen molar-refractivity contribution in [2.45, 2.75) is 195 Å². The first kappa shape index (κ1) is 74.3. The third-order valence-electron chi connectivity index (χ3n) is 16.5. The van der Waals surface area contributed by atoms with Gasteiger partial charge in [0.15, 0.2) is 6.10 Å². The van der Waals surface area contributed by atoms with Crippen LogP contribution in [0.1, 0.15) is 134 Å². The van der Waals surface area contributed by atoms with Crippen molar-refractivity contribution in [3.63, 3.8) is 0 Å². The Hall–Kier alpha value is -6.81. The van der Waals surface area contributed by atoms with E-state index in [9.17, 15) is 38.4 Å². The minimum atomic E-state index is -1.23. The molecule has 24 nitrogen and oxygen atoms in total. The van der Waals surface area contributed by atoms with Crippen LogP contribution < -0.4 is 10.6 Å². The molecule has 24 heteroatoms. The number of nitrogens with zero attached hydrogens (tertiary/aromatic N) is 11. The summed E-state index contributed by atoms with van der Waals surface area (Å²) in [5, 5.41) is 9.36. The highest BCUT2D eigenvalue weighted by Gasteiger charge is 2.43. The first-order chi connectivity index (χ1) is 39.5. The van der Waals surface area contributed by atoms with Gasteiger partial charge in [-0.1, -0.05) is 105 Å². The van der Waals surface area contributed by atoms with E-state index in [0.29, 0.717) is 24.1 Å². The van der Waals surface area contributed by atoms with Crippen LogP contribution in [0, 0.1) is 29.6 Å². The summed E-state index contributed by atoms with van der Waals surface area (Å²) < 4.78 is 5.86. The Morgan fingerprint density at radius 3 is 1.80 bits per heavy atom. The van der Waals surface area contributed by atoms with E-state index in [1.807, 2.05) is 48.5 Å². The lowest BCUT2D eigenvalue weighted by Gasteiger charge is -2.40. The molecule has 478 valence electrons. The van der Waals surface area contributed by atoms with Gasteiger partial charge in [0.05, 0.1) is 0 Å². The number of nitrogens with one attached hydrogen (secondary N) is 2. The highest BCUT2D eigenvalue weighted by Crippen LogP contribution is 2.25. The molecule has 2 rings (SSSR count). The molecule has 2 N–H and O–H groups in total. The Kier molecular flexibility index (Phi) is 29.5. The number of carbonyl (C=O) groups excluding carboxylic acids is 10. The van der Waals surface area contributed by atoms with Gasteiger partial charge in [-0.15, -0.1) is 0 Å². The SMILES string of the molecule is CC[C@H](C)[C@H]1C(=O)N[C@@H](C)C(=O)N(C)[C@@H](CC(C)C)C(=O)N[C@@H](Cc2ccc(N=[N+]=[N-])cc2)C(=O)N(C)CCCC[C@H](N(C)C(=O)[C@H](CC(C)C)N(C)C(=O)[C@H](C)N(C)C(=O)[C@H](OC(=O)[C@H](C(C)C)N(C)C)C(C)C)C(=O)N(C)[C@@H](C)C(=O)N1C. The van der Waals surface area contributed by atoms with E-state index in [-0.39, 0.29) is 56.4 Å². The number of amides is 9. The zero-order chi connectivity index (χ0) is 65.2. The van der Waals surface area contributed by atoms with Crippen molar-refractivity contribution in [1.29, 1.82) is 0 Å². The topological polar surface area (TPSA) is 279 Å². The molecule has 85 heavy (non-hydrogen) atoms. The number of benzene rings is 1. The van der Waals surface area contributed by atoms with Crippen LogP contribution in [0.5, 0.6) is 0 Å². The van der Waals surface area contributed by atoms with Crippen molar-refractivity contribution in [2.75, 3.05) is 70.0 Å². The monoisotopic (exact) mass is 1190 g/mol. The van der Waals surface area contributed by atoms with E-state index in [0.717, 1.165) is 0 Å². The van der Waals surface area contributed by atoms with Crippen LogP contribution in [0.25, 0.3) is 10.4 Å². The van der Waals surface area contributed by atoms with E-state index in [4.69, 9.17) is 10.3 Å². The molecule has 0 spiro atoms. The van der Waals surface area contributed by atoms with Crippen LogP contribution in [0.4, 0.5) is 5.69 Å². The highest BCUT2D eigenvalue weighted by atomic mass is 16.6. The zero-order valence-corrected chi connectivity index (χ0v) is 55.0. The Balaban J connectivity index is 2.79. The van der Waals surface area contributed by atoms with Crippen LogP contribution in [0.3, 0.4) is 0 Å². The average molecular weight is 1190 g/mol. The summed E-state index contributed by atoms with van der Waals surface area (Å²) in [6.45, 7) is 23.1. The number of hydrogen-bond donors (Lipinski definition) is 2. The van der Waals surface area contributed by atoms with E-state index in [2.05, 4.69) is 20.7 Å². The molecule has 0 bridgehead atoms. The molecule has 0 radical (unpaired) electrons. The van der Waals surface area contributed by atoms with Crippen molar-refractivity contribution in [3.05, 3.63) is 40.3 Å². The second kappa shape index (κ2) is 33.8. The molecule has 1 aromatic rings. The lowest BCUT2D eigenvalue weighted by atomic mass is 9.95. The molecule has 0 saturated carbocycles. The molecular formula is C61H103N13O11. The second-order valence-corrected chi connectivity index (χ2v) is 25.0. The molecule has 0 aliphatic carbocycles. The average Bonchev–Trinajstić information content (AvgIpc) is 3.08. The maximum Gasteiger partial charge on any atom is 0.324 e. The number of hydrogen-bond acceptors (Lipinski definition) is 13. The fourth-order valence-electron chi connectivity index (χ4n) is 10.8. The van der Waals surface area contributed by atoms with Crippen molar-refractivity contribution in [1.82, 2.24) is 49.8 Å². The number of rotatable bonds is 20. The number of esters is 1. The maximum atomic E-state index is 15.2. The molecule has 1 aliphatic heterocycles. The van der Waals surface area contributed by atoms with Crippen LogP contribution >= 0.6 is 0 Å². The van der Waals surface area contributed by atoms with Crippen molar-refractivity contribution < 1.29 is 52.7 Å². The molecule has 1 aromatic carbocycles. The summed E-state index contributed by atoms with van der Waals surface area (Å²) in [6.07, 6.45) is 0.213. The first-order valence-corrected chi connectivity index (χ1v) is 30.0. The summed E-state index contributed by atoms with van der Waals surface area (Å²) >= 11 is 0. The molecule has 0 aromatic heterocycles. The van der Waals surface area contributed by atoms with Gasteiger partial charge in [-0.25, -0.2) is 0 Å². The minimum absolute atomic E-state index is 0.0187. The van der Waals surface area contributed by atoms with Crippen LogP contribution in [0.2, 0.25) is 0 Å². The van der Waals surface area contributed by atoms with Gasteiger partial charge in [0.2, 0.25) is 47.3 Å².